The molecule has 0 N–H and O–H groups in total. The Balaban J connectivity index is 1.24. The Morgan fingerprint density at radius 1 is 0.308 bits per heavy atom. The van der Waals surface area contributed by atoms with Crippen LogP contribution in [0, 0.1) is 0 Å². The lowest BCUT2D eigenvalue weighted by atomic mass is 10.1. The smallest absolute Gasteiger partial charge is 0.135 e. The highest BCUT2D eigenvalue weighted by molar-refractivity contribution is 6.13. The maximum absolute atomic E-state index is 6.23. The third-order valence-corrected chi connectivity index (χ3v) is 9.92. The van der Waals surface area contributed by atoms with E-state index >= 15 is 0 Å². The van der Waals surface area contributed by atoms with Gasteiger partial charge >= 0.3 is 0 Å². The fourth-order valence-electron chi connectivity index (χ4n) is 7.61. The number of hydrogen-bond donors (Lipinski definition) is 0. The Bertz CT molecular complexity index is 2620. The average molecular weight is 668 g/mol. The number of benzene rings is 8. The molecule has 0 aliphatic heterocycles. The molecular formula is C48H33N3O. The van der Waals surface area contributed by atoms with Gasteiger partial charge in [-0.15, -0.1) is 0 Å². The van der Waals surface area contributed by atoms with Gasteiger partial charge in [0.1, 0.15) is 11.2 Å². The standard InChI is InChI=1S/C48H33N3O/c1-5-15-34(16-6-1)49(35-17-7-2-8-18-35)38-25-28-45-42(31-38)43-32-39(50(36-19-9-3-10-20-36)37-21-11-4-12-22-37)26-29-46(43)51(45)40-27-30-48-44(33-40)41-23-13-14-24-47(41)52-48/h1-33H. The molecule has 8 aromatic carbocycles. The topological polar surface area (TPSA) is 24.6 Å². The maximum atomic E-state index is 6.23. The maximum Gasteiger partial charge on any atom is 0.135 e. The molecule has 0 unspecified atom stereocenters. The van der Waals surface area contributed by atoms with Crippen molar-refractivity contribution in [2.75, 3.05) is 9.80 Å². The Kier molecular flexibility index (Phi) is 7.10. The van der Waals surface area contributed by atoms with Crippen molar-refractivity contribution in [3.63, 3.8) is 0 Å². The van der Waals surface area contributed by atoms with Crippen LogP contribution < -0.4 is 9.80 Å². The number of aromatic nitrogens is 1. The second-order valence-electron chi connectivity index (χ2n) is 13.0. The molecule has 4 nitrogen and oxygen atoms in total. The summed E-state index contributed by atoms with van der Waals surface area (Å²) in [5.41, 5.74) is 11.7. The molecule has 0 spiro atoms. The molecule has 2 aromatic heterocycles. The van der Waals surface area contributed by atoms with E-state index in [1.807, 2.05) is 12.1 Å². The Labute approximate surface area is 301 Å². The molecule has 0 radical (unpaired) electrons. The summed E-state index contributed by atoms with van der Waals surface area (Å²) in [7, 11) is 0. The zero-order valence-corrected chi connectivity index (χ0v) is 28.3. The van der Waals surface area contributed by atoms with Crippen molar-refractivity contribution in [3.8, 4) is 5.69 Å². The van der Waals surface area contributed by atoms with Crippen molar-refractivity contribution in [2.45, 2.75) is 0 Å². The fourth-order valence-corrected chi connectivity index (χ4v) is 7.61. The highest BCUT2D eigenvalue weighted by atomic mass is 16.3. The minimum atomic E-state index is 0.887. The van der Waals surface area contributed by atoms with Gasteiger partial charge in [0.15, 0.2) is 0 Å². The molecule has 0 saturated heterocycles. The summed E-state index contributed by atoms with van der Waals surface area (Å²) >= 11 is 0. The number of fused-ring (bicyclic) bond motifs is 6. The van der Waals surface area contributed by atoms with Crippen molar-refractivity contribution in [2.24, 2.45) is 0 Å². The Hall–Kier alpha value is -7.04. The summed E-state index contributed by atoms with van der Waals surface area (Å²) < 4.78 is 8.62. The van der Waals surface area contributed by atoms with Crippen LogP contribution in [0.3, 0.4) is 0 Å². The van der Waals surface area contributed by atoms with Crippen LogP contribution in [0.1, 0.15) is 0 Å². The van der Waals surface area contributed by atoms with Crippen LogP contribution in [0.5, 0.6) is 0 Å². The van der Waals surface area contributed by atoms with Crippen molar-refractivity contribution in [1.29, 1.82) is 0 Å². The number of hydrogen-bond acceptors (Lipinski definition) is 3. The van der Waals surface area contributed by atoms with Gasteiger partial charge in [0, 0.05) is 61.4 Å². The highest BCUT2D eigenvalue weighted by Gasteiger charge is 2.20. The first-order valence-corrected chi connectivity index (χ1v) is 17.6. The van der Waals surface area contributed by atoms with Gasteiger partial charge in [-0.2, -0.15) is 0 Å². The molecule has 0 fully saturated rings. The van der Waals surface area contributed by atoms with E-state index in [1.54, 1.807) is 0 Å². The van der Waals surface area contributed by atoms with E-state index < -0.39 is 0 Å². The molecule has 0 aliphatic rings. The van der Waals surface area contributed by atoms with Gasteiger partial charge < -0.3 is 18.8 Å². The minimum absolute atomic E-state index is 0.887. The minimum Gasteiger partial charge on any atom is -0.456 e. The summed E-state index contributed by atoms with van der Waals surface area (Å²) in [6, 6.07) is 70.9. The van der Waals surface area contributed by atoms with Gasteiger partial charge in [0.05, 0.1) is 11.0 Å². The van der Waals surface area contributed by atoms with Gasteiger partial charge in [-0.25, -0.2) is 0 Å². The third kappa shape index (κ3) is 5.00. The number of nitrogens with zero attached hydrogens (tertiary/aromatic N) is 3. The number of para-hydroxylation sites is 5. The lowest BCUT2D eigenvalue weighted by Gasteiger charge is -2.26. The molecule has 0 atom stereocenters. The van der Waals surface area contributed by atoms with Crippen LogP contribution in [-0.4, -0.2) is 4.57 Å². The molecule has 0 amide bonds. The van der Waals surface area contributed by atoms with E-state index in [-0.39, 0.29) is 0 Å². The van der Waals surface area contributed by atoms with E-state index in [1.165, 1.54) is 10.8 Å². The summed E-state index contributed by atoms with van der Waals surface area (Å²) in [6.07, 6.45) is 0. The van der Waals surface area contributed by atoms with E-state index in [2.05, 4.69) is 202 Å². The quantitative estimate of drug-likeness (QED) is 0.169. The zero-order valence-electron chi connectivity index (χ0n) is 28.3. The summed E-state index contributed by atoms with van der Waals surface area (Å²) in [5, 5.41) is 4.57. The largest absolute Gasteiger partial charge is 0.456 e. The van der Waals surface area contributed by atoms with Gasteiger partial charge in [0.2, 0.25) is 0 Å². The van der Waals surface area contributed by atoms with E-state index in [0.717, 1.165) is 72.8 Å². The first-order valence-electron chi connectivity index (χ1n) is 17.6. The molecule has 246 valence electrons. The molecule has 0 saturated carbocycles. The summed E-state index contributed by atoms with van der Waals surface area (Å²) in [5.74, 6) is 0. The monoisotopic (exact) mass is 667 g/mol. The first-order chi connectivity index (χ1) is 25.8. The van der Waals surface area contributed by atoms with Gasteiger partial charge in [-0.3, -0.25) is 0 Å². The molecule has 10 aromatic rings. The third-order valence-electron chi connectivity index (χ3n) is 9.92. The van der Waals surface area contributed by atoms with Gasteiger partial charge in [0.25, 0.3) is 0 Å². The molecular weight excluding hydrogens is 635 g/mol. The molecule has 10 rings (SSSR count). The molecule has 0 bridgehead atoms. The van der Waals surface area contributed by atoms with Gasteiger partial charge in [-0.1, -0.05) is 91.0 Å². The molecule has 52 heavy (non-hydrogen) atoms. The lowest BCUT2D eigenvalue weighted by molar-refractivity contribution is 0.669. The van der Waals surface area contributed by atoms with E-state index in [0.29, 0.717) is 0 Å². The van der Waals surface area contributed by atoms with Crippen LogP contribution in [0.2, 0.25) is 0 Å². The highest BCUT2D eigenvalue weighted by Crippen LogP contribution is 2.43. The molecule has 2 heterocycles. The lowest BCUT2D eigenvalue weighted by Crippen LogP contribution is -2.09. The number of rotatable bonds is 7. The normalized spacial score (nSPS) is 11.5. The Morgan fingerprint density at radius 3 is 1.21 bits per heavy atom. The van der Waals surface area contributed by atoms with Crippen molar-refractivity contribution >= 4 is 77.9 Å². The van der Waals surface area contributed by atoms with Crippen LogP contribution >= 0.6 is 0 Å². The number of furan rings is 1. The van der Waals surface area contributed by atoms with Crippen molar-refractivity contribution in [3.05, 3.63) is 200 Å². The second-order valence-corrected chi connectivity index (χ2v) is 13.0. The van der Waals surface area contributed by atoms with Crippen LogP contribution in [0.4, 0.5) is 34.1 Å². The van der Waals surface area contributed by atoms with E-state index in [4.69, 9.17) is 4.42 Å². The molecule has 4 heteroatoms. The van der Waals surface area contributed by atoms with Crippen molar-refractivity contribution < 1.29 is 4.42 Å². The van der Waals surface area contributed by atoms with Crippen LogP contribution in [0.25, 0.3) is 49.4 Å². The Morgan fingerprint density at radius 2 is 0.731 bits per heavy atom. The molecule has 0 aliphatic carbocycles. The second kappa shape index (κ2) is 12.4. The average Bonchev–Trinajstić information content (AvgIpc) is 3.74. The fraction of sp³-hybridized carbons (Fsp3) is 0. The van der Waals surface area contributed by atoms with E-state index in [9.17, 15) is 0 Å². The predicted octanol–water partition coefficient (Wildman–Crippen LogP) is 13.6. The van der Waals surface area contributed by atoms with Gasteiger partial charge in [-0.05, 0) is 109 Å². The van der Waals surface area contributed by atoms with Crippen molar-refractivity contribution in [1.82, 2.24) is 4.57 Å². The zero-order chi connectivity index (χ0) is 34.4. The predicted molar refractivity (Wildman–Crippen MR) is 217 cm³/mol. The first kappa shape index (κ1) is 29.8. The van der Waals surface area contributed by atoms with Crippen LogP contribution in [0.15, 0.2) is 205 Å². The summed E-state index contributed by atoms with van der Waals surface area (Å²) in [6.45, 7) is 0. The summed E-state index contributed by atoms with van der Waals surface area (Å²) in [4.78, 5) is 4.66. The van der Waals surface area contributed by atoms with Crippen LogP contribution in [-0.2, 0) is 0 Å². The SMILES string of the molecule is c1ccc(N(c2ccccc2)c2ccc3c(c2)c2cc(N(c4ccccc4)c4ccccc4)ccc2n3-c2ccc3oc4ccccc4c3c2)cc1. The number of anilines is 6.